The summed E-state index contributed by atoms with van der Waals surface area (Å²) in [5, 5.41) is 0. The molecule has 1 aliphatic heterocycles. The maximum absolute atomic E-state index is 12.9. The first kappa shape index (κ1) is 15.4. The van der Waals surface area contributed by atoms with Crippen LogP contribution in [0.1, 0.15) is 29.8 Å². The van der Waals surface area contributed by atoms with Crippen molar-refractivity contribution in [3.05, 3.63) is 54.1 Å². The van der Waals surface area contributed by atoms with Gasteiger partial charge in [-0.1, -0.05) is 30.3 Å². The van der Waals surface area contributed by atoms with Gasteiger partial charge in [0.15, 0.2) is 0 Å². The van der Waals surface area contributed by atoms with Crippen LogP contribution in [-0.4, -0.2) is 51.9 Å². The Labute approximate surface area is 142 Å². The molecule has 1 aliphatic carbocycles. The largest absolute Gasteiger partial charge is 0.339 e. The van der Waals surface area contributed by atoms with Gasteiger partial charge < -0.3 is 9.47 Å². The maximum Gasteiger partial charge on any atom is 0.226 e. The van der Waals surface area contributed by atoms with Crippen LogP contribution in [0, 0.1) is 5.92 Å². The summed E-state index contributed by atoms with van der Waals surface area (Å²) in [6, 6.07) is 10.6. The normalized spacial score (nSPS) is 27.2. The first-order chi connectivity index (χ1) is 11.6. The summed E-state index contributed by atoms with van der Waals surface area (Å²) < 4.78 is 2.05. The molecule has 5 heteroatoms. The molecule has 2 fully saturated rings. The zero-order valence-electron chi connectivity index (χ0n) is 14.3. The summed E-state index contributed by atoms with van der Waals surface area (Å²) in [6.45, 7) is 2.44. The molecule has 0 spiro atoms. The molecule has 1 amide bonds. The summed E-state index contributed by atoms with van der Waals surface area (Å²) in [6.07, 6.45) is 4.79. The average Bonchev–Trinajstić information content (AvgIpc) is 3.30. The molecule has 5 nitrogen and oxygen atoms in total. The van der Waals surface area contributed by atoms with E-state index in [1.807, 2.05) is 30.4 Å². The number of rotatable bonds is 3. The molecule has 0 N–H and O–H groups in total. The van der Waals surface area contributed by atoms with Crippen LogP contribution in [0.5, 0.6) is 0 Å². The Morgan fingerprint density at radius 3 is 2.67 bits per heavy atom. The molecular weight excluding hydrogens is 300 g/mol. The van der Waals surface area contributed by atoms with Crippen molar-refractivity contribution >= 4 is 5.91 Å². The molecule has 4 rings (SSSR count). The predicted octanol–water partition coefficient (Wildman–Crippen LogP) is 2.04. The number of nitrogens with zero attached hydrogens (tertiary/aromatic N) is 4. The highest BCUT2D eigenvalue weighted by molar-refractivity contribution is 5.83. The molecule has 24 heavy (non-hydrogen) atoms. The number of carbonyl (C=O) groups is 1. The predicted molar refractivity (Wildman–Crippen MR) is 92.4 cm³/mol. The Morgan fingerprint density at radius 2 is 1.96 bits per heavy atom. The van der Waals surface area contributed by atoms with Gasteiger partial charge in [0.2, 0.25) is 5.91 Å². The van der Waals surface area contributed by atoms with Gasteiger partial charge in [-0.25, -0.2) is 4.98 Å². The van der Waals surface area contributed by atoms with E-state index in [1.165, 1.54) is 5.56 Å². The molecule has 3 atom stereocenters. The van der Waals surface area contributed by atoms with Crippen LogP contribution in [0.4, 0.5) is 0 Å². The van der Waals surface area contributed by atoms with E-state index in [2.05, 4.69) is 45.8 Å². The molecule has 2 aliphatic rings. The topological polar surface area (TPSA) is 41.4 Å². The number of hydrogen-bond donors (Lipinski definition) is 0. The number of aromatic nitrogens is 2. The summed E-state index contributed by atoms with van der Waals surface area (Å²) in [5.74, 6) is 1.92. The van der Waals surface area contributed by atoms with Gasteiger partial charge in [0, 0.05) is 45.0 Å². The van der Waals surface area contributed by atoms with Gasteiger partial charge in [-0.05, 0) is 24.9 Å². The van der Waals surface area contributed by atoms with Crippen LogP contribution in [0.15, 0.2) is 42.7 Å². The van der Waals surface area contributed by atoms with Gasteiger partial charge in [-0.15, -0.1) is 0 Å². The van der Waals surface area contributed by atoms with Gasteiger partial charge in [-0.2, -0.15) is 0 Å². The number of amides is 1. The summed E-state index contributed by atoms with van der Waals surface area (Å²) >= 11 is 0. The Kier molecular flexibility index (Phi) is 3.88. The Morgan fingerprint density at radius 1 is 1.17 bits per heavy atom. The monoisotopic (exact) mass is 324 g/mol. The van der Waals surface area contributed by atoms with E-state index >= 15 is 0 Å². The van der Waals surface area contributed by atoms with Crippen molar-refractivity contribution in [2.45, 2.75) is 18.4 Å². The number of benzene rings is 1. The second kappa shape index (κ2) is 6.06. The van der Waals surface area contributed by atoms with E-state index in [4.69, 9.17) is 0 Å². The van der Waals surface area contributed by atoms with Crippen molar-refractivity contribution in [1.82, 2.24) is 19.4 Å². The SMILES string of the molecule is CN1CCN(C(=O)[C@@H]2C[C@@H]2c2ccccc2)C[C@H]1c1nccn1C. The van der Waals surface area contributed by atoms with Crippen molar-refractivity contribution in [2.24, 2.45) is 13.0 Å². The maximum atomic E-state index is 12.9. The minimum Gasteiger partial charge on any atom is -0.339 e. The molecule has 0 bridgehead atoms. The number of aryl methyl sites for hydroxylation is 1. The lowest BCUT2D eigenvalue weighted by molar-refractivity contribution is -0.135. The number of likely N-dealkylation sites (N-methyl/N-ethyl adjacent to an activating group) is 1. The van der Waals surface area contributed by atoms with Crippen LogP contribution < -0.4 is 0 Å². The first-order valence-electron chi connectivity index (χ1n) is 8.66. The van der Waals surface area contributed by atoms with Crippen LogP contribution in [-0.2, 0) is 11.8 Å². The highest BCUT2D eigenvalue weighted by atomic mass is 16.2. The highest BCUT2D eigenvalue weighted by Gasteiger charge is 2.46. The number of hydrogen-bond acceptors (Lipinski definition) is 3. The highest BCUT2D eigenvalue weighted by Crippen LogP contribution is 2.48. The van der Waals surface area contributed by atoms with Crippen molar-refractivity contribution in [3.63, 3.8) is 0 Å². The average molecular weight is 324 g/mol. The van der Waals surface area contributed by atoms with Gasteiger partial charge in [-0.3, -0.25) is 9.69 Å². The van der Waals surface area contributed by atoms with E-state index in [0.717, 1.165) is 31.9 Å². The standard InChI is InChI=1S/C19H24N4O/c1-21-10-11-23(13-17(21)18-20-8-9-22(18)2)19(24)16-12-15(16)14-6-4-3-5-7-14/h3-9,15-17H,10-13H2,1-2H3/t15-,16-,17+/m1/s1. The van der Waals surface area contributed by atoms with E-state index in [0.29, 0.717) is 11.8 Å². The Bertz CT molecular complexity index is 726. The number of carbonyl (C=O) groups excluding carboxylic acids is 1. The minimum atomic E-state index is 0.165. The zero-order chi connectivity index (χ0) is 16.7. The quantitative estimate of drug-likeness (QED) is 0.867. The van der Waals surface area contributed by atoms with Gasteiger partial charge in [0.1, 0.15) is 5.82 Å². The number of imidazole rings is 1. The van der Waals surface area contributed by atoms with E-state index in [9.17, 15) is 4.79 Å². The summed E-state index contributed by atoms with van der Waals surface area (Å²) in [7, 11) is 4.13. The van der Waals surface area contributed by atoms with Crippen molar-refractivity contribution < 1.29 is 4.79 Å². The van der Waals surface area contributed by atoms with Gasteiger partial charge in [0.05, 0.1) is 6.04 Å². The fourth-order valence-corrected chi connectivity index (χ4v) is 3.82. The molecule has 1 aromatic heterocycles. The molecule has 2 heterocycles. The molecule has 0 unspecified atom stereocenters. The molecular formula is C19H24N4O. The van der Waals surface area contributed by atoms with Crippen LogP contribution >= 0.6 is 0 Å². The lowest BCUT2D eigenvalue weighted by atomic mass is 10.1. The minimum absolute atomic E-state index is 0.165. The fraction of sp³-hybridized carbons (Fsp3) is 0.474. The van der Waals surface area contributed by atoms with Gasteiger partial charge >= 0.3 is 0 Å². The third-order valence-electron chi connectivity index (χ3n) is 5.45. The third-order valence-corrected chi connectivity index (χ3v) is 5.45. The van der Waals surface area contributed by atoms with E-state index in [-0.39, 0.29) is 12.0 Å². The Balaban J connectivity index is 1.45. The fourth-order valence-electron chi connectivity index (χ4n) is 3.82. The van der Waals surface area contributed by atoms with E-state index in [1.54, 1.807) is 0 Å². The van der Waals surface area contributed by atoms with E-state index < -0.39 is 0 Å². The second-order valence-corrected chi connectivity index (χ2v) is 7.04. The molecule has 1 saturated heterocycles. The molecule has 126 valence electrons. The molecule has 1 saturated carbocycles. The summed E-state index contributed by atoms with van der Waals surface area (Å²) in [4.78, 5) is 21.8. The van der Waals surface area contributed by atoms with Crippen LogP contribution in [0.25, 0.3) is 0 Å². The first-order valence-corrected chi connectivity index (χ1v) is 8.66. The van der Waals surface area contributed by atoms with Crippen molar-refractivity contribution in [3.8, 4) is 0 Å². The van der Waals surface area contributed by atoms with Crippen molar-refractivity contribution in [2.75, 3.05) is 26.7 Å². The Hall–Kier alpha value is -2.14. The summed E-state index contributed by atoms with van der Waals surface area (Å²) in [5.41, 5.74) is 1.30. The van der Waals surface area contributed by atoms with Crippen LogP contribution in [0.2, 0.25) is 0 Å². The van der Waals surface area contributed by atoms with Crippen LogP contribution in [0.3, 0.4) is 0 Å². The molecule has 1 aromatic carbocycles. The second-order valence-electron chi connectivity index (χ2n) is 7.04. The van der Waals surface area contributed by atoms with Gasteiger partial charge in [0.25, 0.3) is 0 Å². The number of piperazine rings is 1. The lowest BCUT2D eigenvalue weighted by Crippen LogP contribution is -2.50. The third kappa shape index (κ3) is 2.73. The lowest BCUT2D eigenvalue weighted by Gasteiger charge is -2.39. The smallest absolute Gasteiger partial charge is 0.226 e. The molecule has 2 aromatic rings. The zero-order valence-corrected chi connectivity index (χ0v) is 14.3. The molecule has 0 radical (unpaired) electrons. The van der Waals surface area contributed by atoms with Crippen molar-refractivity contribution in [1.29, 1.82) is 0 Å².